The maximum Gasteiger partial charge on any atom is 0.0801 e. The van der Waals surface area contributed by atoms with E-state index in [1.54, 1.807) is 7.11 Å². The normalized spacial score (nSPS) is 25.7. The summed E-state index contributed by atoms with van der Waals surface area (Å²) < 4.78 is 10.9. The highest BCUT2D eigenvalue weighted by molar-refractivity contribution is 4.91. The second-order valence-corrected chi connectivity index (χ2v) is 4.35. The Balaban J connectivity index is 2.56. The third kappa shape index (κ3) is 2.47. The van der Waals surface area contributed by atoms with Gasteiger partial charge in [-0.15, -0.1) is 0 Å². The van der Waals surface area contributed by atoms with Gasteiger partial charge >= 0.3 is 0 Å². The highest BCUT2D eigenvalue weighted by Crippen LogP contribution is 2.28. The molecule has 14 heavy (non-hydrogen) atoms. The highest BCUT2D eigenvalue weighted by atomic mass is 16.5. The Kier molecular flexibility index (Phi) is 4.35. The van der Waals surface area contributed by atoms with Crippen LogP contribution in [0.1, 0.15) is 33.1 Å². The molecule has 3 nitrogen and oxygen atoms in total. The average molecular weight is 201 g/mol. The molecule has 84 valence electrons. The van der Waals surface area contributed by atoms with E-state index in [-0.39, 0.29) is 11.6 Å². The predicted octanol–water partition coefficient (Wildman–Crippen LogP) is 1.56. The van der Waals surface area contributed by atoms with Gasteiger partial charge in [-0.05, 0) is 32.1 Å². The molecule has 0 aliphatic carbocycles. The molecule has 1 saturated heterocycles. The predicted molar refractivity (Wildman–Crippen MR) is 57.2 cm³/mol. The summed E-state index contributed by atoms with van der Waals surface area (Å²) in [5.74, 6) is 0.550. The lowest BCUT2D eigenvalue weighted by Crippen LogP contribution is -2.52. The van der Waals surface area contributed by atoms with Gasteiger partial charge < -0.3 is 15.2 Å². The smallest absolute Gasteiger partial charge is 0.0801 e. The van der Waals surface area contributed by atoms with Crippen molar-refractivity contribution in [3.8, 4) is 0 Å². The van der Waals surface area contributed by atoms with Gasteiger partial charge in [-0.25, -0.2) is 0 Å². The lowest BCUT2D eigenvalue weighted by molar-refractivity contribution is -0.0510. The average Bonchev–Trinajstić information content (AvgIpc) is 2.28. The fourth-order valence-corrected chi connectivity index (χ4v) is 2.09. The summed E-state index contributed by atoms with van der Waals surface area (Å²) in [6, 6.07) is 0.126. The molecule has 2 atom stereocenters. The number of hydrogen-bond acceptors (Lipinski definition) is 3. The minimum atomic E-state index is -0.179. The minimum absolute atomic E-state index is 0.126. The van der Waals surface area contributed by atoms with E-state index in [0.717, 1.165) is 32.5 Å². The molecular weight excluding hydrogens is 178 g/mol. The van der Waals surface area contributed by atoms with Gasteiger partial charge in [0.25, 0.3) is 0 Å². The van der Waals surface area contributed by atoms with Crippen molar-refractivity contribution in [2.75, 3.05) is 20.3 Å². The van der Waals surface area contributed by atoms with Crippen molar-refractivity contribution >= 4 is 0 Å². The number of rotatable bonds is 4. The van der Waals surface area contributed by atoms with Crippen LogP contribution in [0.25, 0.3) is 0 Å². The molecule has 0 radical (unpaired) electrons. The Morgan fingerprint density at radius 1 is 1.50 bits per heavy atom. The number of ether oxygens (including phenoxy) is 2. The summed E-state index contributed by atoms with van der Waals surface area (Å²) >= 11 is 0. The zero-order valence-electron chi connectivity index (χ0n) is 9.58. The molecule has 1 fully saturated rings. The monoisotopic (exact) mass is 201 g/mol. The van der Waals surface area contributed by atoms with Crippen LogP contribution in [-0.2, 0) is 9.47 Å². The third-order valence-electron chi connectivity index (χ3n) is 3.65. The van der Waals surface area contributed by atoms with E-state index in [9.17, 15) is 0 Å². The first-order valence-corrected chi connectivity index (χ1v) is 5.52. The maximum atomic E-state index is 6.27. The van der Waals surface area contributed by atoms with Gasteiger partial charge in [0.2, 0.25) is 0 Å². The lowest BCUT2D eigenvalue weighted by atomic mass is 9.80. The van der Waals surface area contributed by atoms with Crippen LogP contribution in [0.4, 0.5) is 0 Å². The number of hydrogen-bond donors (Lipinski definition) is 1. The SMILES string of the molecule is CCC(C)(OC)C(N)C1CCOCC1. The highest BCUT2D eigenvalue weighted by Gasteiger charge is 2.35. The summed E-state index contributed by atoms with van der Waals surface area (Å²) in [7, 11) is 1.75. The molecule has 1 aliphatic rings. The van der Waals surface area contributed by atoms with Crippen molar-refractivity contribution in [1.29, 1.82) is 0 Å². The molecule has 0 amide bonds. The van der Waals surface area contributed by atoms with Gasteiger partial charge in [0.05, 0.1) is 5.60 Å². The first-order valence-electron chi connectivity index (χ1n) is 5.52. The van der Waals surface area contributed by atoms with Gasteiger partial charge in [0.15, 0.2) is 0 Å². The fraction of sp³-hybridized carbons (Fsp3) is 1.00. The van der Waals surface area contributed by atoms with Crippen molar-refractivity contribution in [1.82, 2.24) is 0 Å². The van der Waals surface area contributed by atoms with Crippen molar-refractivity contribution in [3.63, 3.8) is 0 Å². The van der Waals surface area contributed by atoms with Crippen molar-refractivity contribution in [3.05, 3.63) is 0 Å². The van der Waals surface area contributed by atoms with Gasteiger partial charge in [0.1, 0.15) is 0 Å². The largest absolute Gasteiger partial charge is 0.381 e. The van der Waals surface area contributed by atoms with Crippen molar-refractivity contribution in [2.45, 2.75) is 44.8 Å². The van der Waals surface area contributed by atoms with E-state index >= 15 is 0 Å². The Bertz CT molecular complexity index is 163. The molecule has 0 aromatic heterocycles. The Morgan fingerprint density at radius 2 is 2.07 bits per heavy atom. The lowest BCUT2D eigenvalue weighted by Gasteiger charge is -2.39. The summed E-state index contributed by atoms with van der Waals surface area (Å²) in [5.41, 5.74) is 6.09. The molecule has 0 spiro atoms. The Hall–Kier alpha value is -0.120. The van der Waals surface area contributed by atoms with Crippen molar-refractivity contribution in [2.24, 2.45) is 11.7 Å². The van der Waals surface area contributed by atoms with Crippen LogP contribution in [0.5, 0.6) is 0 Å². The summed E-state index contributed by atoms with van der Waals surface area (Å²) in [6.07, 6.45) is 3.10. The fourth-order valence-electron chi connectivity index (χ4n) is 2.09. The van der Waals surface area contributed by atoms with Gasteiger partial charge in [-0.1, -0.05) is 6.92 Å². The number of nitrogens with two attached hydrogens (primary N) is 1. The van der Waals surface area contributed by atoms with Crippen LogP contribution < -0.4 is 5.73 Å². The van der Waals surface area contributed by atoms with E-state index in [0.29, 0.717) is 5.92 Å². The third-order valence-corrected chi connectivity index (χ3v) is 3.65. The molecule has 1 rings (SSSR count). The Morgan fingerprint density at radius 3 is 2.50 bits per heavy atom. The van der Waals surface area contributed by atoms with Crippen LogP contribution in [-0.4, -0.2) is 32.0 Å². The minimum Gasteiger partial charge on any atom is -0.381 e. The standard InChI is InChI=1S/C11H23NO2/c1-4-11(2,13-3)10(12)9-5-7-14-8-6-9/h9-10H,4-8,12H2,1-3H3. The van der Waals surface area contributed by atoms with Gasteiger partial charge in [0, 0.05) is 26.4 Å². The molecule has 3 heteroatoms. The van der Waals surface area contributed by atoms with E-state index in [1.807, 2.05) is 0 Å². The number of methoxy groups -OCH3 is 1. The van der Waals surface area contributed by atoms with E-state index in [4.69, 9.17) is 15.2 Å². The molecule has 1 heterocycles. The topological polar surface area (TPSA) is 44.5 Å². The summed E-state index contributed by atoms with van der Waals surface area (Å²) in [4.78, 5) is 0. The molecule has 0 saturated carbocycles. The maximum absolute atomic E-state index is 6.27. The van der Waals surface area contributed by atoms with Gasteiger partial charge in [-0.2, -0.15) is 0 Å². The van der Waals surface area contributed by atoms with Crippen LogP contribution >= 0.6 is 0 Å². The van der Waals surface area contributed by atoms with Crippen LogP contribution in [0.15, 0.2) is 0 Å². The summed E-state index contributed by atoms with van der Waals surface area (Å²) in [5, 5.41) is 0. The van der Waals surface area contributed by atoms with Gasteiger partial charge in [-0.3, -0.25) is 0 Å². The van der Waals surface area contributed by atoms with Crippen LogP contribution in [0.3, 0.4) is 0 Å². The molecule has 1 aliphatic heterocycles. The molecule has 2 N–H and O–H groups in total. The second-order valence-electron chi connectivity index (χ2n) is 4.35. The second kappa shape index (κ2) is 5.10. The first kappa shape index (κ1) is 12.0. The van der Waals surface area contributed by atoms with Crippen LogP contribution in [0.2, 0.25) is 0 Å². The summed E-state index contributed by atoms with van der Waals surface area (Å²) in [6.45, 7) is 5.93. The zero-order chi connectivity index (χ0) is 10.6. The molecule has 0 aromatic carbocycles. The molecule has 0 bridgehead atoms. The first-order chi connectivity index (χ1) is 6.64. The van der Waals surface area contributed by atoms with E-state index < -0.39 is 0 Å². The molecular formula is C11H23NO2. The molecule has 0 aromatic rings. The zero-order valence-corrected chi connectivity index (χ0v) is 9.58. The van der Waals surface area contributed by atoms with E-state index in [2.05, 4.69) is 13.8 Å². The van der Waals surface area contributed by atoms with E-state index in [1.165, 1.54) is 0 Å². The molecule has 2 unspecified atom stereocenters. The van der Waals surface area contributed by atoms with Crippen LogP contribution in [0, 0.1) is 5.92 Å². The quantitative estimate of drug-likeness (QED) is 0.750. The van der Waals surface area contributed by atoms with Crippen molar-refractivity contribution < 1.29 is 9.47 Å². The Labute approximate surface area is 86.9 Å².